The Bertz CT molecular complexity index is 1060. The van der Waals surface area contributed by atoms with Gasteiger partial charge in [0.25, 0.3) is 5.91 Å². The fraction of sp³-hybridized carbons (Fsp3) is 0.261. The zero-order valence-corrected chi connectivity index (χ0v) is 17.7. The second-order valence-corrected chi connectivity index (χ2v) is 8.39. The van der Waals surface area contributed by atoms with Crippen LogP contribution in [-0.4, -0.2) is 23.9 Å². The first-order chi connectivity index (χ1) is 14.5. The lowest BCUT2D eigenvalue weighted by Crippen LogP contribution is -2.28. The number of methoxy groups -OCH3 is 1. The van der Waals surface area contributed by atoms with Crippen LogP contribution in [0.3, 0.4) is 0 Å². The Labute approximate surface area is 179 Å². The average Bonchev–Trinajstić information content (AvgIpc) is 3.33. The topological polar surface area (TPSA) is 80.3 Å². The van der Waals surface area contributed by atoms with Gasteiger partial charge < -0.3 is 10.1 Å². The van der Waals surface area contributed by atoms with Gasteiger partial charge in [-0.25, -0.2) is 4.98 Å². The van der Waals surface area contributed by atoms with E-state index in [1.807, 2.05) is 31.2 Å². The van der Waals surface area contributed by atoms with Crippen LogP contribution < -0.4 is 15.4 Å². The molecule has 0 saturated carbocycles. The van der Waals surface area contributed by atoms with E-state index in [9.17, 15) is 9.59 Å². The third-order valence-corrected chi connectivity index (χ3v) is 6.24. The van der Waals surface area contributed by atoms with Gasteiger partial charge in [0, 0.05) is 17.0 Å². The number of aromatic nitrogens is 1. The van der Waals surface area contributed by atoms with Gasteiger partial charge in [-0.05, 0) is 49.6 Å². The summed E-state index contributed by atoms with van der Waals surface area (Å²) < 4.78 is 5.12. The van der Waals surface area contributed by atoms with Crippen molar-refractivity contribution in [2.75, 3.05) is 12.4 Å². The minimum atomic E-state index is -0.270. The number of aryl methyl sites for hydroxylation is 2. The fourth-order valence-electron chi connectivity index (χ4n) is 3.47. The SMILES string of the molecule is COc1ccc(C(=O)Nc2nc3c(s2)CCC3C(=O)NCc2ccc(C)cc2)cc1. The molecule has 0 saturated heterocycles. The molecule has 7 heteroatoms. The molecule has 6 nitrogen and oxygen atoms in total. The highest BCUT2D eigenvalue weighted by molar-refractivity contribution is 7.16. The van der Waals surface area contributed by atoms with E-state index in [1.54, 1.807) is 31.4 Å². The first-order valence-corrected chi connectivity index (χ1v) is 10.6. The van der Waals surface area contributed by atoms with Gasteiger partial charge in [0.05, 0.1) is 18.7 Å². The lowest BCUT2D eigenvalue weighted by molar-refractivity contribution is -0.122. The molecule has 0 radical (unpaired) electrons. The van der Waals surface area contributed by atoms with Gasteiger partial charge >= 0.3 is 0 Å². The molecule has 2 aromatic carbocycles. The summed E-state index contributed by atoms with van der Waals surface area (Å²) in [6.07, 6.45) is 1.55. The molecular formula is C23H23N3O3S. The molecule has 2 amide bonds. The van der Waals surface area contributed by atoms with Crippen LogP contribution in [0.4, 0.5) is 5.13 Å². The Kier molecular flexibility index (Phi) is 5.81. The van der Waals surface area contributed by atoms with Gasteiger partial charge in [0.15, 0.2) is 5.13 Å². The summed E-state index contributed by atoms with van der Waals surface area (Å²) in [7, 11) is 1.58. The smallest absolute Gasteiger partial charge is 0.257 e. The summed E-state index contributed by atoms with van der Waals surface area (Å²) in [6, 6.07) is 15.0. The first kappa shape index (κ1) is 20.1. The molecule has 3 aromatic rings. The van der Waals surface area contributed by atoms with E-state index in [1.165, 1.54) is 16.9 Å². The van der Waals surface area contributed by atoms with E-state index in [-0.39, 0.29) is 17.7 Å². The zero-order valence-electron chi connectivity index (χ0n) is 16.9. The normalized spacial score (nSPS) is 14.8. The van der Waals surface area contributed by atoms with Crippen LogP contribution in [0.5, 0.6) is 5.75 Å². The molecule has 154 valence electrons. The van der Waals surface area contributed by atoms with E-state index in [0.717, 1.165) is 29.0 Å². The number of hydrogen-bond acceptors (Lipinski definition) is 5. The Balaban J connectivity index is 1.39. The Morgan fingerprint density at radius 2 is 1.87 bits per heavy atom. The number of nitrogens with one attached hydrogen (secondary N) is 2. The van der Waals surface area contributed by atoms with Crippen LogP contribution in [-0.2, 0) is 17.8 Å². The maximum absolute atomic E-state index is 12.7. The summed E-state index contributed by atoms with van der Waals surface area (Å²) >= 11 is 1.44. The molecule has 0 spiro atoms. The number of fused-ring (bicyclic) bond motifs is 1. The van der Waals surface area contributed by atoms with E-state index in [2.05, 4.69) is 15.6 Å². The van der Waals surface area contributed by atoms with Crippen molar-refractivity contribution >= 4 is 28.3 Å². The zero-order chi connectivity index (χ0) is 21.1. The highest BCUT2D eigenvalue weighted by atomic mass is 32.1. The summed E-state index contributed by atoms with van der Waals surface area (Å²) in [5.74, 6) is 0.172. The number of thiazole rings is 1. The van der Waals surface area contributed by atoms with Crippen molar-refractivity contribution in [3.63, 3.8) is 0 Å². The van der Waals surface area contributed by atoms with Crippen molar-refractivity contribution in [2.45, 2.75) is 32.2 Å². The molecule has 2 N–H and O–H groups in total. The van der Waals surface area contributed by atoms with Crippen LogP contribution >= 0.6 is 11.3 Å². The molecular weight excluding hydrogens is 398 g/mol. The minimum absolute atomic E-state index is 0.0207. The highest BCUT2D eigenvalue weighted by Gasteiger charge is 2.32. The third kappa shape index (κ3) is 4.36. The maximum atomic E-state index is 12.7. The van der Waals surface area contributed by atoms with Crippen molar-refractivity contribution in [1.29, 1.82) is 0 Å². The molecule has 1 aliphatic carbocycles. The Morgan fingerprint density at radius 1 is 1.13 bits per heavy atom. The number of ether oxygens (including phenoxy) is 1. The molecule has 1 aliphatic rings. The number of benzene rings is 2. The van der Waals surface area contributed by atoms with Crippen molar-refractivity contribution in [1.82, 2.24) is 10.3 Å². The van der Waals surface area contributed by atoms with Crippen LogP contribution in [0.1, 0.15) is 44.4 Å². The number of amides is 2. The minimum Gasteiger partial charge on any atom is -0.497 e. The lowest BCUT2D eigenvalue weighted by atomic mass is 10.1. The molecule has 30 heavy (non-hydrogen) atoms. The van der Waals surface area contributed by atoms with E-state index in [0.29, 0.717) is 23.0 Å². The molecule has 0 bridgehead atoms. The average molecular weight is 422 g/mol. The van der Waals surface area contributed by atoms with Crippen LogP contribution in [0.25, 0.3) is 0 Å². The number of rotatable bonds is 6. The lowest BCUT2D eigenvalue weighted by Gasteiger charge is -2.11. The predicted molar refractivity (Wildman–Crippen MR) is 117 cm³/mol. The summed E-state index contributed by atoms with van der Waals surface area (Å²) in [6.45, 7) is 2.53. The number of carbonyl (C=O) groups is 2. The molecule has 0 aliphatic heterocycles. The van der Waals surface area contributed by atoms with E-state index < -0.39 is 0 Å². The Hall–Kier alpha value is -3.19. The molecule has 1 aromatic heterocycles. The van der Waals surface area contributed by atoms with Gasteiger partial charge in [-0.2, -0.15) is 0 Å². The maximum Gasteiger partial charge on any atom is 0.257 e. The molecule has 1 unspecified atom stereocenters. The summed E-state index contributed by atoms with van der Waals surface area (Å²) in [5, 5.41) is 6.38. The quantitative estimate of drug-likeness (QED) is 0.629. The molecule has 1 atom stereocenters. The van der Waals surface area contributed by atoms with Crippen molar-refractivity contribution < 1.29 is 14.3 Å². The Morgan fingerprint density at radius 3 is 2.57 bits per heavy atom. The van der Waals surface area contributed by atoms with Gasteiger partial charge in [0.1, 0.15) is 5.75 Å². The summed E-state index contributed by atoms with van der Waals surface area (Å²) in [4.78, 5) is 30.8. The molecule has 0 fully saturated rings. The monoisotopic (exact) mass is 421 g/mol. The predicted octanol–water partition coefficient (Wildman–Crippen LogP) is 4.06. The largest absolute Gasteiger partial charge is 0.497 e. The van der Waals surface area contributed by atoms with Crippen molar-refractivity contribution in [3.05, 3.63) is 75.8 Å². The second-order valence-electron chi connectivity index (χ2n) is 7.30. The van der Waals surface area contributed by atoms with Gasteiger partial charge in [0.2, 0.25) is 5.91 Å². The summed E-state index contributed by atoms with van der Waals surface area (Å²) in [5.41, 5.74) is 3.57. The van der Waals surface area contributed by atoms with Gasteiger partial charge in [-0.3, -0.25) is 14.9 Å². The molecule has 4 rings (SSSR count). The highest BCUT2D eigenvalue weighted by Crippen LogP contribution is 2.38. The first-order valence-electron chi connectivity index (χ1n) is 9.82. The number of nitrogens with zero attached hydrogens (tertiary/aromatic N) is 1. The van der Waals surface area contributed by atoms with Crippen LogP contribution in [0, 0.1) is 6.92 Å². The van der Waals surface area contributed by atoms with E-state index in [4.69, 9.17) is 4.74 Å². The second kappa shape index (κ2) is 8.67. The van der Waals surface area contributed by atoms with Crippen molar-refractivity contribution in [2.24, 2.45) is 0 Å². The van der Waals surface area contributed by atoms with Crippen LogP contribution in [0.2, 0.25) is 0 Å². The van der Waals surface area contributed by atoms with Gasteiger partial charge in [-0.1, -0.05) is 29.8 Å². The van der Waals surface area contributed by atoms with Crippen molar-refractivity contribution in [3.8, 4) is 5.75 Å². The van der Waals surface area contributed by atoms with Crippen LogP contribution in [0.15, 0.2) is 48.5 Å². The molecule has 1 heterocycles. The number of carbonyl (C=O) groups excluding carboxylic acids is 2. The number of hydrogen-bond donors (Lipinski definition) is 2. The third-order valence-electron chi connectivity index (χ3n) is 5.19. The standard InChI is InChI=1S/C23H23N3O3S/c1-14-3-5-15(6-4-14)13-24-22(28)18-11-12-19-20(18)25-23(30-19)26-21(27)16-7-9-17(29-2)10-8-16/h3-10,18H,11-13H2,1-2H3,(H,24,28)(H,25,26,27). The van der Waals surface area contributed by atoms with E-state index >= 15 is 0 Å². The number of anilines is 1. The van der Waals surface area contributed by atoms with Gasteiger partial charge in [-0.15, -0.1) is 11.3 Å². The fourth-order valence-corrected chi connectivity index (χ4v) is 4.50.